The Bertz CT molecular complexity index is 720. The fourth-order valence-corrected chi connectivity index (χ4v) is 3.08. The van der Waals surface area contributed by atoms with E-state index < -0.39 is 0 Å². The van der Waals surface area contributed by atoms with Gasteiger partial charge in [0.05, 0.1) is 7.11 Å². The largest absolute Gasteiger partial charge is 0.497 e. The number of ether oxygens (including phenoxy) is 1. The van der Waals surface area contributed by atoms with Crippen LogP contribution < -0.4 is 15.4 Å². The molecule has 7 nitrogen and oxygen atoms in total. The third kappa shape index (κ3) is 5.94. The number of piperidine rings is 1. The van der Waals surface area contributed by atoms with Crippen LogP contribution in [0.1, 0.15) is 32.1 Å². The molecule has 1 amide bonds. The lowest BCUT2D eigenvalue weighted by Crippen LogP contribution is -2.50. The van der Waals surface area contributed by atoms with Crippen LogP contribution >= 0.6 is 12.4 Å². The molecule has 2 atom stereocenters. The van der Waals surface area contributed by atoms with E-state index in [1.807, 2.05) is 24.3 Å². The summed E-state index contributed by atoms with van der Waals surface area (Å²) in [6.07, 6.45) is 2.84. The molecule has 1 aliphatic rings. The maximum atomic E-state index is 12.1. The molecule has 148 valence electrons. The molecule has 27 heavy (non-hydrogen) atoms. The molecule has 2 aromatic rings. The number of carbonyl (C=O) groups is 1. The Hall–Kier alpha value is -2.12. The highest BCUT2D eigenvalue weighted by Crippen LogP contribution is 2.20. The van der Waals surface area contributed by atoms with Gasteiger partial charge in [-0.3, -0.25) is 4.79 Å². The average Bonchev–Trinajstić information content (AvgIpc) is 3.12. The van der Waals surface area contributed by atoms with E-state index in [1.165, 1.54) is 0 Å². The highest BCUT2D eigenvalue weighted by molar-refractivity contribution is 5.85. The summed E-state index contributed by atoms with van der Waals surface area (Å²) in [4.78, 5) is 16.5. The summed E-state index contributed by atoms with van der Waals surface area (Å²) in [5.41, 5.74) is 0.873. The Morgan fingerprint density at radius 3 is 2.85 bits per heavy atom. The molecule has 0 bridgehead atoms. The Morgan fingerprint density at radius 1 is 1.37 bits per heavy atom. The summed E-state index contributed by atoms with van der Waals surface area (Å²) in [6.45, 7) is 4.06. The Balaban J connectivity index is 0.00000261. The summed E-state index contributed by atoms with van der Waals surface area (Å²) in [6, 6.07) is 7.72. The first-order valence-corrected chi connectivity index (χ1v) is 9.13. The highest BCUT2D eigenvalue weighted by atomic mass is 35.5. The zero-order chi connectivity index (χ0) is 18.4. The van der Waals surface area contributed by atoms with Crippen molar-refractivity contribution < 1.29 is 14.1 Å². The second kappa shape index (κ2) is 10.3. The van der Waals surface area contributed by atoms with E-state index in [2.05, 4.69) is 27.7 Å². The number of methoxy groups -OCH3 is 1. The number of benzene rings is 1. The van der Waals surface area contributed by atoms with Gasteiger partial charge < -0.3 is 19.9 Å². The predicted molar refractivity (Wildman–Crippen MR) is 105 cm³/mol. The second-order valence-corrected chi connectivity index (χ2v) is 6.74. The number of rotatable bonds is 7. The first kappa shape index (κ1) is 21.2. The molecule has 2 unspecified atom stereocenters. The lowest BCUT2D eigenvalue weighted by molar-refractivity contribution is -0.122. The molecule has 0 aliphatic carbocycles. The number of halogens is 1. The fourth-order valence-electron chi connectivity index (χ4n) is 3.08. The lowest BCUT2D eigenvalue weighted by Gasteiger charge is -2.30. The van der Waals surface area contributed by atoms with Gasteiger partial charge in [0.25, 0.3) is 0 Å². The summed E-state index contributed by atoms with van der Waals surface area (Å²) in [7, 11) is 1.63. The van der Waals surface area contributed by atoms with Crippen LogP contribution in [0.4, 0.5) is 0 Å². The summed E-state index contributed by atoms with van der Waals surface area (Å²) in [5.74, 6) is 2.49. The quantitative estimate of drug-likeness (QED) is 0.750. The standard InChI is InChI=1S/C19H26N4O3.ClH/c1-13-10-11-20-12-16(13)21-17(24)4-3-5-18-22-19(23-26-18)14-6-8-15(25-2)9-7-14;/h6-9,13,16,20H,3-5,10-12H2,1-2H3,(H,21,24);1H. The van der Waals surface area contributed by atoms with Gasteiger partial charge in [-0.15, -0.1) is 12.4 Å². The van der Waals surface area contributed by atoms with Gasteiger partial charge in [-0.25, -0.2) is 0 Å². The number of hydrogen-bond acceptors (Lipinski definition) is 6. The number of aromatic nitrogens is 2. The van der Waals surface area contributed by atoms with Crippen molar-refractivity contribution in [1.82, 2.24) is 20.8 Å². The van der Waals surface area contributed by atoms with Gasteiger partial charge in [0.1, 0.15) is 5.75 Å². The molecule has 1 fully saturated rings. The molecule has 1 aliphatic heterocycles. The summed E-state index contributed by atoms with van der Waals surface area (Å²) in [5, 5.41) is 10.4. The van der Waals surface area contributed by atoms with Crippen LogP contribution in [-0.4, -0.2) is 42.3 Å². The van der Waals surface area contributed by atoms with E-state index in [4.69, 9.17) is 9.26 Å². The minimum absolute atomic E-state index is 0. The maximum Gasteiger partial charge on any atom is 0.226 e. The second-order valence-electron chi connectivity index (χ2n) is 6.74. The molecule has 2 heterocycles. The molecule has 0 radical (unpaired) electrons. The monoisotopic (exact) mass is 394 g/mol. The van der Waals surface area contributed by atoms with E-state index in [9.17, 15) is 4.79 Å². The third-order valence-corrected chi connectivity index (χ3v) is 4.78. The Kier molecular flexibility index (Phi) is 8.06. The average molecular weight is 395 g/mol. The topological polar surface area (TPSA) is 89.3 Å². The van der Waals surface area contributed by atoms with E-state index >= 15 is 0 Å². The third-order valence-electron chi connectivity index (χ3n) is 4.78. The Morgan fingerprint density at radius 2 is 2.15 bits per heavy atom. The van der Waals surface area contributed by atoms with Gasteiger partial charge in [0, 0.05) is 31.0 Å². The molecule has 0 spiro atoms. The van der Waals surface area contributed by atoms with Crippen molar-refractivity contribution in [2.24, 2.45) is 5.92 Å². The number of nitrogens with one attached hydrogen (secondary N) is 2. The van der Waals surface area contributed by atoms with Gasteiger partial charge >= 0.3 is 0 Å². The molecular formula is C19H27ClN4O3. The zero-order valence-corrected chi connectivity index (χ0v) is 16.6. The Labute approximate surface area is 165 Å². The van der Waals surface area contributed by atoms with Crippen LogP contribution in [-0.2, 0) is 11.2 Å². The first-order valence-electron chi connectivity index (χ1n) is 9.13. The van der Waals surface area contributed by atoms with Crippen molar-refractivity contribution in [2.45, 2.75) is 38.6 Å². The number of nitrogens with zero attached hydrogens (tertiary/aromatic N) is 2. The van der Waals surface area contributed by atoms with Gasteiger partial charge in [0.2, 0.25) is 17.6 Å². The van der Waals surface area contributed by atoms with Crippen LogP contribution in [0.3, 0.4) is 0 Å². The van der Waals surface area contributed by atoms with Crippen LogP contribution in [0.2, 0.25) is 0 Å². The van der Waals surface area contributed by atoms with Crippen molar-refractivity contribution in [3.63, 3.8) is 0 Å². The zero-order valence-electron chi connectivity index (χ0n) is 15.7. The van der Waals surface area contributed by atoms with Crippen LogP contribution in [0.5, 0.6) is 5.75 Å². The van der Waals surface area contributed by atoms with E-state index in [1.54, 1.807) is 7.11 Å². The van der Waals surface area contributed by atoms with Gasteiger partial charge in [-0.05, 0) is 49.6 Å². The molecular weight excluding hydrogens is 368 g/mol. The smallest absolute Gasteiger partial charge is 0.226 e. The van der Waals surface area contributed by atoms with Gasteiger partial charge in [0.15, 0.2) is 0 Å². The van der Waals surface area contributed by atoms with Crippen molar-refractivity contribution >= 4 is 18.3 Å². The maximum absolute atomic E-state index is 12.1. The molecule has 8 heteroatoms. The normalized spacial score (nSPS) is 19.2. The van der Waals surface area contributed by atoms with Crippen molar-refractivity contribution in [3.8, 4) is 17.1 Å². The van der Waals surface area contributed by atoms with Gasteiger partial charge in [-0.1, -0.05) is 12.1 Å². The van der Waals surface area contributed by atoms with Crippen molar-refractivity contribution in [3.05, 3.63) is 30.2 Å². The molecule has 1 saturated heterocycles. The van der Waals surface area contributed by atoms with Crippen LogP contribution in [0.25, 0.3) is 11.4 Å². The summed E-state index contributed by atoms with van der Waals surface area (Å²) < 4.78 is 10.4. The van der Waals surface area contributed by atoms with E-state index in [0.29, 0.717) is 36.9 Å². The number of hydrogen-bond donors (Lipinski definition) is 2. The van der Waals surface area contributed by atoms with Crippen molar-refractivity contribution in [1.29, 1.82) is 0 Å². The van der Waals surface area contributed by atoms with Gasteiger partial charge in [-0.2, -0.15) is 4.98 Å². The van der Waals surface area contributed by atoms with Crippen LogP contribution in [0.15, 0.2) is 28.8 Å². The fraction of sp³-hybridized carbons (Fsp3) is 0.526. The van der Waals surface area contributed by atoms with Crippen LogP contribution in [0, 0.1) is 5.92 Å². The summed E-state index contributed by atoms with van der Waals surface area (Å²) >= 11 is 0. The number of carbonyl (C=O) groups excluding carboxylic acids is 1. The highest BCUT2D eigenvalue weighted by Gasteiger charge is 2.22. The molecule has 2 N–H and O–H groups in total. The van der Waals surface area contributed by atoms with Crippen molar-refractivity contribution in [2.75, 3.05) is 20.2 Å². The minimum atomic E-state index is 0. The predicted octanol–water partition coefficient (Wildman–Crippen LogP) is 2.60. The minimum Gasteiger partial charge on any atom is -0.497 e. The lowest BCUT2D eigenvalue weighted by atomic mass is 9.94. The molecule has 1 aromatic heterocycles. The first-order chi connectivity index (χ1) is 12.7. The molecule has 0 saturated carbocycles. The number of aryl methyl sites for hydroxylation is 1. The molecule has 1 aromatic carbocycles. The molecule has 3 rings (SSSR count). The SMILES string of the molecule is COc1ccc(-c2noc(CCCC(=O)NC3CNCCC3C)n2)cc1.Cl. The van der Waals surface area contributed by atoms with E-state index in [0.717, 1.165) is 30.8 Å². The number of amides is 1. The van der Waals surface area contributed by atoms with E-state index in [-0.39, 0.29) is 24.4 Å².